The van der Waals surface area contributed by atoms with Crippen molar-refractivity contribution in [2.45, 2.75) is 36.7 Å². The van der Waals surface area contributed by atoms with Crippen LogP contribution in [0.1, 0.15) is 19.8 Å². The molecule has 1 aliphatic rings. The maximum absolute atomic E-state index is 12.1. The van der Waals surface area contributed by atoms with Crippen molar-refractivity contribution in [3.05, 3.63) is 24.3 Å². The summed E-state index contributed by atoms with van der Waals surface area (Å²) >= 11 is 0. The summed E-state index contributed by atoms with van der Waals surface area (Å²) in [5.41, 5.74) is 6.35. The van der Waals surface area contributed by atoms with E-state index in [1.165, 1.54) is 0 Å². The summed E-state index contributed by atoms with van der Waals surface area (Å²) in [5.74, 6) is 0. The van der Waals surface area contributed by atoms with Crippen LogP contribution in [0.3, 0.4) is 0 Å². The largest absolute Gasteiger partial charge is 0.380 e. The van der Waals surface area contributed by atoms with Crippen molar-refractivity contribution in [1.82, 2.24) is 4.72 Å². The molecule has 0 radical (unpaired) electrons. The highest BCUT2D eigenvalue weighted by molar-refractivity contribution is 7.89. The van der Waals surface area contributed by atoms with Gasteiger partial charge in [-0.2, -0.15) is 0 Å². The standard InChI is InChI=1S/C12H19N3O2S/c1-2-7-14-18(16,17)12-6-4-3-5-10(12)15-11-8-9(11)13/h3-6,9,11,14-15H,2,7-8,13H2,1H3. The molecule has 0 aromatic heterocycles. The monoisotopic (exact) mass is 269 g/mol. The second kappa shape index (κ2) is 5.26. The first kappa shape index (κ1) is 13.3. The maximum atomic E-state index is 12.1. The van der Waals surface area contributed by atoms with Crippen LogP contribution >= 0.6 is 0 Å². The molecule has 1 saturated carbocycles. The van der Waals surface area contributed by atoms with E-state index in [4.69, 9.17) is 5.73 Å². The average molecular weight is 269 g/mol. The number of benzene rings is 1. The lowest BCUT2D eigenvalue weighted by Gasteiger charge is -2.12. The van der Waals surface area contributed by atoms with Crippen molar-refractivity contribution < 1.29 is 8.42 Å². The van der Waals surface area contributed by atoms with E-state index in [9.17, 15) is 8.42 Å². The number of sulfonamides is 1. The maximum Gasteiger partial charge on any atom is 0.242 e. The first-order valence-corrected chi connectivity index (χ1v) is 7.63. The Balaban J connectivity index is 2.21. The van der Waals surface area contributed by atoms with E-state index in [0.717, 1.165) is 12.8 Å². The van der Waals surface area contributed by atoms with Gasteiger partial charge >= 0.3 is 0 Å². The summed E-state index contributed by atoms with van der Waals surface area (Å²) in [6, 6.07) is 7.23. The molecule has 0 heterocycles. The topological polar surface area (TPSA) is 84.2 Å². The third-order valence-corrected chi connectivity index (χ3v) is 4.42. The highest BCUT2D eigenvalue weighted by Gasteiger charge is 2.34. The average Bonchev–Trinajstić information content (AvgIpc) is 3.03. The predicted molar refractivity (Wildman–Crippen MR) is 71.9 cm³/mol. The second-order valence-electron chi connectivity index (χ2n) is 4.54. The van der Waals surface area contributed by atoms with Crippen LogP contribution in [0.15, 0.2) is 29.2 Å². The Bertz CT molecular complexity index is 516. The van der Waals surface area contributed by atoms with Gasteiger partial charge in [-0.3, -0.25) is 0 Å². The molecule has 1 aliphatic carbocycles. The van der Waals surface area contributed by atoms with Gasteiger partial charge in [0.05, 0.1) is 5.69 Å². The molecule has 2 atom stereocenters. The van der Waals surface area contributed by atoms with Crippen LogP contribution in [-0.4, -0.2) is 27.0 Å². The Hall–Kier alpha value is -1.11. The number of rotatable bonds is 6. The molecule has 4 N–H and O–H groups in total. The number of nitrogens with two attached hydrogens (primary N) is 1. The van der Waals surface area contributed by atoms with Crippen molar-refractivity contribution in [2.75, 3.05) is 11.9 Å². The zero-order valence-corrected chi connectivity index (χ0v) is 11.2. The van der Waals surface area contributed by atoms with Gasteiger partial charge in [-0.05, 0) is 25.0 Å². The van der Waals surface area contributed by atoms with Crippen LogP contribution in [-0.2, 0) is 10.0 Å². The van der Waals surface area contributed by atoms with Crippen molar-refractivity contribution in [3.8, 4) is 0 Å². The van der Waals surface area contributed by atoms with Crippen LogP contribution in [0.2, 0.25) is 0 Å². The fourth-order valence-electron chi connectivity index (χ4n) is 1.71. The van der Waals surface area contributed by atoms with Gasteiger partial charge in [0.2, 0.25) is 10.0 Å². The minimum Gasteiger partial charge on any atom is -0.380 e. The molecule has 0 aliphatic heterocycles. The van der Waals surface area contributed by atoms with E-state index in [1.807, 2.05) is 13.0 Å². The summed E-state index contributed by atoms with van der Waals surface area (Å²) in [4.78, 5) is 0.289. The molecular weight excluding hydrogens is 250 g/mol. The van der Waals surface area contributed by atoms with Crippen LogP contribution in [0.25, 0.3) is 0 Å². The molecule has 0 bridgehead atoms. The Morgan fingerprint density at radius 1 is 1.39 bits per heavy atom. The highest BCUT2D eigenvalue weighted by atomic mass is 32.2. The predicted octanol–water partition coefficient (Wildman–Crippen LogP) is 0.886. The summed E-state index contributed by atoms with van der Waals surface area (Å²) < 4.78 is 26.8. The quantitative estimate of drug-likeness (QED) is 0.716. The highest BCUT2D eigenvalue weighted by Crippen LogP contribution is 2.28. The normalized spacial score (nSPS) is 22.8. The van der Waals surface area contributed by atoms with Crippen LogP contribution in [0.5, 0.6) is 0 Å². The van der Waals surface area contributed by atoms with Gasteiger partial charge in [0.25, 0.3) is 0 Å². The molecule has 5 nitrogen and oxygen atoms in total. The van der Waals surface area contributed by atoms with E-state index in [2.05, 4.69) is 10.0 Å². The van der Waals surface area contributed by atoms with Crippen LogP contribution in [0.4, 0.5) is 5.69 Å². The number of hydrogen-bond donors (Lipinski definition) is 3. The Labute approximate surface area is 108 Å². The summed E-state index contributed by atoms with van der Waals surface area (Å²) in [7, 11) is -3.44. The van der Waals surface area contributed by atoms with Gasteiger partial charge in [0, 0.05) is 18.6 Å². The molecular formula is C12H19N3O2S. The van der Waals surface area contributed by atoms with Gasteiger partial charge in [-0.1, -0.05) is 19.1 Å². The van der Waals surface area contributed by atoms with Crippen molar-refractivity contribution in [1.29, 1.82) is 0 Å². The zero-order chi connectivity index (χ0) is 13.2. The van der Waals surface area contributed by atoms with Crippen LogP contribution < -0.4 is 15.8 Å². The first-order valence-electron chi connectivity index (χ1n) is 6.15. The molecule has 100 valence electrons. The van der Waals surface area contributed by atoms with Gasteiger partial charge < -0.3 is 11.1 Å². The zero-order valence-electron chi connectivity index (χ0n) is 10.4. The van der Waals surface area contributed by atoms with E-state index < -0.39 is 10.0 Å². The third-order valence-electron chi connectivity index (χ3n) is 2.90. The molecule has 2 rings (SSSR count). The molecule has 1 aromatic carbocycles. The van der Waals surface area contributed by atoms with E-state index in [1.54, 1.807) is 18.2 Å². The number of nitrogens with one attached hydrogen (secondary N) is 2. The summed E-state index contributed by atoms with van der Waals surface area (Å²) in [5, 5.41) is 3.17. The number of hydrogen-bond acceptors (Lipinski definition) is 4. The van der Waals surface area contributed by atoms with Gasteiger partial charge in [-0.15, -0.1) is 0 Å². The van der Waals surface area contributed by atoms with Gasteiger partial charge in [0.15, 0.2) is 0 Å². The minimum atomic E-state index is -3.44. The molecule has 1 fully saturated rings. The molecule has 18 heavy (non-hydrogen) atoms. The van der Waals surface area contributed by atoms with Gasteiger partial charge in [-0.25, -0.2) is 13.1 Å². The van der Waals surface area contributed by atoms with Crippen molar-refractivity contribution >= 4 is 15.7 Å². The van der Waals surface area contributed by atoms with Crippen LogP contribution in [0, 0.1) is 0 Å². The lowest BCUT2D eigenvalue weighted by Crippen LogP contribution is -2.26. The Morgan fingerprint density at radius 2 is 2.06 bits per heavy atom. The number of anilines is 1. The third kappa shape index (κ3) is 3.01. The fraction of sp³-hybridized carbons (Fsp3) is 0.500. The molecule has 0 amide bonds. The van der Waals surface area contributed by atoms with E-state index in [0.29, 0.717) is 12.2 Å². The lowest BCUT2D eigenvalue weighted by atomic mass is 10.3. The Morgan fingerprint density at radius 3 is 2.67 bits per heavy atom. The Kier molecular flexibility index (Phi) is 3.89. The molecule has 1 aromatic rings. The van der Waals surface area contributed by atoms with E-state index in [-0.39, 0.29) is 17.0 Å². The molecule has 0 saturated heterocycles. The lowest BCUT2D eigenvalue weighted by molar-refractivity contribution is 0.581. The summed E-state index contributed by atoms with van der Waals surface area (Å²) in [6.45, 7) is 2.37. The smallest absolute Gasteiger partial charge is 0.242 e. The second-order valence-corrected chi connectivity index (χ2v) is 6.28. The molecule has 2 unspecified atom stereocenters. The summed E-state index contributed by atoms with van der Waals surface area (Å²) in [6.07, 6.45) is 1.65. The molecule has 0 spiro atoms. The SMILES string of the molecule is CCCNS(=O)(=O)c1ccccc1NC1CC1N. The minimum absolute atomic E-state index is 0.129. The van der Waals surface area contributed by atoms with Crippen molar-refractivity contribution in [3.63, 3.8) is 0 Å². The van der Waals surface area contributed by atoms with Crippen molar-refractivity contribution in [2.24, 2.45) is 5.73 Å². The first-order chi connectivity index (χ1) is 8.54. The number of para-hydroxylation sites is 1. The van der Waals surface area contributed by atoms with E-state index >= 15 is 0 Å². The van der Waals surface area contributed by atoms with Gasteiger partial charge in [0.1, 0.15) is 4.90 Å². The molecule has 6 heteroatoms. The fourth-order valence-corrected chi connectivity index (χ4v) is 3.02.